The standard InChI is InChI=1S/C18H21FN2O5S/c1-25-15-7-8-17(16(11-15)26-2)27(23,24)21-12-18(22)20-10-9-13-3-5-14(19)6-4-13/h3-8,11,21H,9-10,12H2,1-2H3,(H,20,22). The molecule has 2 rings (SSSR count). The average Bonchev–Trinajstić information content (AvgIpc) is 2.67. The minimum atomic E-state index is -3.94. The van der Waals surface area contributed by atoms with Gasteiger partial charge in [-0.15, -0.1) is 0 Å². The zero-order valence-corrected chi connectivity index (χ0v) is 15.8. The number of carbonyl (C=O) groups is 1. The first-order valence-electron chi connectivity index (χ1n) is 8.08. The molecule has 0 saturated carbocycles. The van der Waals surface area contributed by atoms with E-state index in [4.69, 9.17) is 9.47 Å². The Bertz CT molecular complexity index is 885. The van der Waals surface area contributed by atoms with Crippen molar-refractivity contribution in [3.8, 4) is 11.5 Å². The number of rotatable bonds is 9. The van der Waals surface area contributed by atoms with E-state index < -0.39 is 22.5 Å². The van der Waals surface area contributed by atoms with Crippen molar-refractivity contribution in [2.45, 2.75) is 11.3 Å². The van der Waals surface area contributed by atoms with Gasteiger partial charge in [0.1, 0.15) is 22.2 Å². The van der Waals surface area contributed by atoms with E-state index >= 15 is 0 Å². The Morgan fingerprint density at radius 3 is 2.41 bits per heavy atom. The Morgan fingerprint density at radius 2 is 1.78 bits per heavy atom. The van der Waals surface area contributed by atoms with Crippen LogP contribution in [0.25, 0.3) is 0 Å². The molecular formula is C18H21FN2O5S. The molecule has 9 heteroatoms. The van der Waals surface area contributed by atoms with Crippen molar-refractivity contribution in [2.75, 3.05) is 27.3 Å². The van der Waals surface area contributed by atoms with Gasteiger partial charge in [0.2, 0.25) is 15.9 Å². The second-order valence-electron chi connectivity index (χ2n) is 5.57. The Labute approximate surface area is 157 Å². The molecule has 0 spiro atoms. The summed E-state index contributed by atoms with van der Waals surface area (Å²) < 4.78 is 50.0. The van der Waals surface area contributed by atoms with Crippen LogP contribution in [0.1, 0.15) is 5.56 Å². The second-order valence-corrected chi connectivity index (χ2v) is 7.30. The second kappa shape index (κ2) is 9.33. The van der Waals surface area contributed by atoms with Crippen molar-refractivity contribution in [2.24, 2.45) is 0 Å². The van der Waals surface area contributed by atoms with E-state index in [1.54, 1.807) is 12.1 Å². The van der Waals surface area contributed by atoms with E-state index in [9.17, 15) is 17.6 Å². The summed E-state index contributed by atoms with van der Waals surface area (Å²) in [5, 5.41) is 2.61. The van der Waals surface area contributed by atoms with E-state index in [0.29, 0.717) is 18.7 Å². The van der Waals surface area contributed by atoms with Crippen LogP contribution < -0.4 is 19.5 Å². The number of methoxy groups -OCH3 is 2. The highest BCUT2D eigenvalue weighted by Crippen LogP contribution is 2.28. The fourth-order valence-electron chi connectivity index (χ4n) is 2.30. The summed E-state index contributed by atoms with van der Waals surface area (Å²) >= 11 is 0. The first-order chi connectivity index (χ1) is 12.9. The first-order valence-corrected chi connectivity index (χ1v) is 9.57. The lowest BCUT2D eigenvalue weighted by Crippen LogP contribution is -2.37. The molecule has 0 atom stereocenters. The van der Waals surface area contributed by atoms with Crippen LogP contribution >= 0.6 is 0 Å². The van der Waals surface area contributed by atoms with Crippen molar-refractivity contribution in [3.63, 3.8) is 0 Å². The van der Waals surface area contributed by atoms with Gasteiger partial charge < -0.3 is 14.8 Å². The predicted octanol–water partition coefficient (Wildman–Crippen LogP) is 1.48. The molecule has 0 fully saturated rings. The van der Waals surface area contributed by atoms with Crippen LogP contribution in [0.15, 0.2) is 47.4 Å². The molecule has 0 heterocycles. The normalized spacial score (nSPS) is 11.1. The molecule has 27 heavy (non-hydrogen) atoms. The topological polar surface area (TPSA) is 93.7 Å². The maximum absolute atomic E-state index is 12.8. The molecule has 146 valence electrons. The summed E-state index contributed by atoms with van der Waals surface area (Å²) in [7, 11) is -1.14. The van der Waals surface area contributed by atoms with Crippen molar-refractivity contribution >= 4 is 15.9 Å². The van der Waals surface area contributed by atoms with E-state index in [2.05, 4.69) is 10.0 Å². The SMILES string of the molecule is COc1ccc(S(=O)(=O)NCC(=O)NCCc2ccc(F)cc2)c(OC)c1. The summed E-state index contributed by atoms with van der Waals surface area (Å²) in [6.07, 6.45) is 0.505. The highest BCUT2D eigenvalue weighted by atomic mass is 32.2. The predicted molar refractivity (Wildman–Crippen MR) is 97.8 cm³/mol. The Balaban J connectivity index is 1.89. The van der Waals surface area contributed by atoms with Crippen LogP contribution in [0.5, 0.6) is 11.5 Å². The monoisotopic (exact) mass is 396 g/mol. The van der Waals surface area contributed by atoms with Gasteiger partial charge >= 0.3 is 0 Å². The highest BCUT2D eigenvalue weighted by Gasteiger charge is 2.20. The molecule has 2 N–H and O–H groups in total. The van der Waals surface area contributed by atoms with Crippen molar-refractivity contribution < 1.29 is 27.1 Å². The van der Waals surface area contributed by atoms with Gasteiger partial charge in [0.25, 0.3) is 0 Å². The third kappa shape index (κ3) is 5.93. The van der Waals surface area contributed by atoms with Crippen LogP contribution in [0.2, 0.25) is 0 Å². The van der Waals surface area contributed by atoms with Gasteiger partial charge in [-0.3, -0.25) is 4.79 Å². The van der Waals surface area contributed by atoms with E-state index in [0.717, 1.165) is 5.56 Å². The molecule has 0 aromatic heterocycles. The quantitative estimate of drug-likeness (QED) is 0.670. The molecule has 0 unspecified atom stereocenters. The number of benzene rings is 2. The van der Waals surface area contributed by atoms with Crippen molar-refractivity contribution in [3.05, 3.63) is 53.8 Å². The fourth-order valence-corrected chi connectivity index (χ4v) is 3.43. The average molecular weight is 396 g/mol. The van der Waals surface area contributed by atoms with Crippen LogP contribution in [-0.2, 0) is 21.2 Å². The number of hydrogen-bond donors (Lipinski definition) is 2. The van der Waals surface area contributed by atoms with Crippen LogP contribution in [0.4, 0.5) is 4.39 Å². The third-order valence-electron chi connectivity index (χ3n) is 3.73. The molecular weight excluding hydrogens is 375 g/mol. The molecule has 0 aliphatic heterocycles. The molecule has 0 aliphatic carbocycles. The molecule has 0 bridgehead atoms. The maximum Gasteiger partial charge on any atom is 0.244 e. The van der Waals surface area contributed by atoms with E-state index in [1.807, 2.05) is 0 Å². The minimum Gasteiger partial charge on any atom is -0.497 e. The number of hydrogen-bond acceptors (Lipinski definition) is 5. The van der Waals surface area contributed by atoms with Gasteiger partial charge in [-0.05, 0) is 36.2 Å². The molecule has 1 amide bonds. The first kappa shape index (κ1) is 20.7. The smallest absolute Gasteiger partial charge is 0.244 e. The lowest BCUT2D eigenvalue weighted by molar-refractivity contribution is -0.119. The number of nitrogens with one attached hydrogen (secondary N) is 2. The molecule has 2 aromatic carbocycles. The van der Waals surface area contributed by atoms with Crippen LogP contribution in [0, 0.1) is 5.82 Å². The number of carbonyl (C=O) groups excluding carboxylic acids is 1. The summed E-state index contributed by atoms with van der Waals surface area (Å²) in [5.74, 6) is -0.248. The van der Waals surface area contributed by atoms with Crippen molar-refractivity contribution in [1.82, 2.24) is 10.0 Å². The largest absolute Gasteiger partial charge is 0.497 e. The van der Waals surface area contributed by atoms with Gasteiger partial charge in [-0.1, -0.05) is 12.1 Å². The van der Waals surface area contributed by atoms with Gasteiger partial charge in [0.15, 0.2) is 0 Å². The lowest BCUT2D eigenvalue weighted by atomic mass is 10.1. The molecule has 0 radical (unpaired) electrons. The van der Waals surface area contributed by atoms with Crippen LogP contribution in [-0.4, -0.2) is 41.6 Å². The zero-order chi connectivity index (χ0) is 19.9. The number of halogens is 1. The summed E-state index contributed by atoms with van der Waals surface area (Å²) in [5.41, 5.74) is 0.861. The molecule has 0 aliphatic rings. The Kier molecular flexibility index (Phi) is 7.14. The molecule has 2 aromatic rings. The van der Waals surface area contributed by atoms with Crippen LogP contribution in [0.3, 0.4) is 0 Å². The summed E-state index contributed by atoms with van der Waals surface area (Å²) in [6, 6.07) is 10.2. The third-order valence-corrected chi connectivity index (χ3v) is 5.17. The summed E-state index contributed by atoms with van der Waals surface area (Å²) in [4.78, 5) is 11.8. The van der Waals surface area contributed by atoms with E-state index in [-0.39, 0.29) is 16.5 Å². The summed E-state index contributed by atoms with van der Waals surface area (Å²) in [6.45, 7) is -0.112. The number of amides is 1. The van der Waals surface area contributed by atoms with Gasteiger partial charge in [0, 0.05) is 12.6 Å². The van der Waals surface area contributed by atoms with Gasteiger partial charge in [0.05, 0.1) is 20.8 Å². The fraction of sp³-hybridized carbons (Fsp3) is 0.278. The zero-order valence-electron chi connectivity index (χ0n) is 15.0. The Morgan fingerprint density at radius 1 is 1.07 bits per heavy atom. The number of ether oxygens (including phenoxy) is 2. The molecule has 7 nitrogen and oxygen atoms in total. The molecule has 0 saturated heterocycles. The Hall–Kier alpha value is -2.65. The highest BCUT2D eigenvalue weighted by molar-refractivity contribution is 7.89. The van der Waals surface area contributed by atoms with Gasteiger partial charge in [-0.2, -0.15) is 0 Å². The van der Waals surface area contributed by atoms with E-state index in [1.165, 1.54) is 44.6 Å². The maximum atomic E-state index is 12.8. The minimum absolute atomic E-state index is 0.0927. The number of sulfonamides is 1. The lowest BCUT2D eigenvalue weighted by Gasteiger charge is -2.12. The van der Waals surface area contributed by atoms with Crippen molar-refractivity contribution in [1.29, 1.82) is 0 Å². The van der Waals surface area contributed by atoms with Gasteiger partial charge in [-0.25, -0.2) is 17.5 Å².